The van der Waals surface area contributed by atoms with Crippen molar-refractivity contribution in [3.63, 3.8) is 0 Å². The minimum Gasteiger partial charge on any atom is -0.494 e. The first-order valence-corrected chi connectivity index (χ1v) is 9.27. The van der Waals surface area contributed by atoms with E-state index >= 15 is 0 Å². The van der Waals surface area contributed by atoms with Gasteiger partial charge in [-0.2, -0.15) is 0 Å². The van der Waals surface area contributed by atoms with Crippen LogP contribution in [0.25, 0.3) is 0 Å². The second-order valence-electron chi connectivity index (χ2n) is 5.00. The monoisotopic (exact) mass is 333 g/mol. The average molecular weight is 334 g/mol. The Bertz CT molecular complexity index is 502. The number of nitrogens with zero attached hydrogens (tertiary/aromatic N) is 1. The van der Waals surface area contributed by atoms with Crippen molar-refractivity contribution in [2.75, 3.05) is 26.0 Å². The SMILES string of the molecule is CCCCS(=O)(=O)N(C)CCCCOc1ccc(Cl)cc1. The van der Waals surface area contributed by atoms with Gasteiger partial charge in [0.05, 0.1) is 12.4 Å². The topological polar surface area (TPSA) is 46.6 Å². The highest BCUT2D eigenvalue weighted by Gasteiger charge is 2.16. The summed E-state index contributed by atoms with van der Waals surface area (Å²) in [5.74, 6) is 1.02. The average Bonchev–Trinajstić information content (AvgIpc) is 2.46. The lowest BCUT2D eigenvalue weighted by Gasteiger charge is -2.16. The van der Waals surface area contributed by atoms with E-state index in [1.807, 2.05) is 19.1 Å². The lowest BCUT2D eigenvalue weighted by Crippen LogP contribution is -2.30. The summed E-state index contributed by atoms with van der Waals surface area (Å²) in [5.41, 5.74) is 0. The van der Waals surface area contributed by atoms with Crippen LogP contribution < -0.4 is 4.74 Å². The molecule has 0 amide bonds. The van der Waals surface area contributed by atoms with Gasteiger partial charge < -0.3 is 4.74 Å². The summed E-state index contributed by atoms with van der Waals surface area (Å²) in [6, 6.07) is 7.21. The van der Waals surface area contributed by atoms with E-state index in [0.717, 1.165) is 25.0 Å². The summed E-state index contributed by atoms with van der Waals surface area (Å²) in [5, 5.41) is 0.682. The number of halogens is 1. The maximum absolute atomic E-state index is 11.9. The van der Waals surface area contributed by atoms with Crippen LogP contribution in [-0.4, -0.2) is 38.7 Å². The van der Waals surface area contributed by atoms with Gasteiger partial charge in [0.25, 0.3) is 0 Å². The summed E-state index contributed by atoms with van der Waals surface area (Å²) in [7, 11) is -1.44. The fraction of sp³-hybridized carbons (Fsp3) is 0.600. The lowest BCUT2D eigenvalue weighted by molar-refractivity contribution is 0.300. The van der Waals surface area contributed by atoms with Gasteiger partial charge in [0, 0.05) is 18.6 Å². The highest BCUT2D eigenvalue weighted by molar-refractivity contribution is 7.89. The minimum absolute atomic E-state index is 0.237. The predicted octanol–water partition coefficient (Wildman–Crippen LogP) is 3.56. The molecule has 0 unspecified atom stereocenters. The molecule has 0 spiro atoms. The first-order valence-electron chi connectivity index (χ1n) is 7.28. The molecular formula is C15H24ClNO3S. The molecule has 0 N–H and O–H groups in total. The summed E-state index contributed by atoms with van der Waals surface area (Å²) >= 11 is 5.79. The molecule has 0 heterocycles. The van der Waals surface area contributed by atoms with Crippen LogP contribution in [-0.2, 0) is 10.0 Å². The Balaban J connectivity index is 2.20. The van der Waals surface area contributed by atoms with E-state index in [-0.39, 0.29) is 5.75 Å². The van der Waals surface area contributed by atoms with Crippen LogP contribution in [0.15, 0.2) is 24.3 Å². The molecule has 4 nitrogen and oxygen atoms in total. The van der Waals surface area contributed by atoms with Crippen LogP contribution in [0.4, 0.5) is 0 Å². The Morgan fingerprint density at radius 1 is 1.14 bits per heavy atom. The van der Waals surface area contributed by atoms with Crippen LogP contribution in [0.3, 0.4) is 0 Å². The van der Waals surface area contributed by atoms with Gasteiger partial charge in [0.15, 0.2) is 0 Å². The molecule has 0 aromatic heterocycles. The van der Waals surface area contributed by atoms with Gasteiger partial charge in [-0.25, -0.2) is 12.7 Å². The zero-order valence-electron chi connectivity index (χ0n) is 12.7. The standard InChI is InChI=1S/C15H24ClNO3S/c1-3-4-13-21(18,19)17(2)11-5-6-12-20-15-9-7-14(16)8-10-15/h7-10H,3-6,11-13H2,1-2H3. The maximum atomic E-state index is 11.9. The van der Waals surface area contributed by atoms with Gasteiger partial charge >= 0.3 is 0 Å². The summed E-state index contributed by atoms with van der Waals surface area (Å²) in [6.45, 7) is 3.10. The highest BCUT2D eigenvalue weighted by Crippen LogP contribution is 2.15. The van der Waals surface area contributed by atoms with Gasteiger partial charge in [-0.1, -0.05) is 24.9 Å². The number of rotatable bonds is 10. The molecule has 0 aliphatic heterocycles. The molecule has 6 heteroatoms. The van der Waals surface area contributed by atoms with Crippen LogP contribution in [0.2, 0.25) is 5.02 Å². The number of hydrogen-bond donors (Lipinski definition) is 0. The van der Waals surface area contributed by atoms with Gasteiger partial charge in [-0.3, -0.25) is 0 Å². The Morgan fingerprint density at radius 2 is 1.81 bits per heavy atom. The third-order valence-corrected chi connectivity index (χ3v) is 5.37. The molecule has 0 atom stereocenters. The molecule has 21 heavy (non-hydrogen) atoms. The van der Waals surface area contributed by atoms with Crippen molar-refractivity contribution in [1.29, 1.82) is 0 Å². The number of unbranched alkanes of at least 4 members (excludes halogenated alkanes) is 2. The van der Waals surface area contributed by atoms with Crippen LogP contribution >= 0.6 is 11.6 Å². The highest BCUT2D eigenvalue weighted by atomic mass is 35.5. The molecule has 0 saturated carbocycles. The molecular weight excluding hydrogens is 310 g/mol. The zero-order valence-corrected chi connectivity index (χ0v) is 14.3. The summed E-state index contributed by atoms with van der Waals surface area (Å²) in [6.07, 6.45) is 3.21. The number of sulfonamides is 1. The predicted molar refractivity (Wildman–Crippen MR) is 87.5 cm³/mol. The van der Waals surface area contributed by atoms with E-state index in [1.54, 1.807) is 19.2 Å². The lowest BCUT2D eigenvalue weighted by atomic mass is 10.3. The van der Waals surface area contributed by atoms with E-state index in [4.69, 9.17) is 16.3 Å². The quantitative estimate of drug-likeness (QED) is 0.615. The molecule has 1 aromatic carbocycles. The van der Waals surface area contributed by atoms with Crippen LogP contribution in [0, 0.1) is 0 Å². The van der Waals surface area contributed by atoms with Crippen molar-refractivity contribution in [3.05, 3.63) is 29.3 Å². The molecule has 120 valence electrons. The largest absolute Gasteiger partial charge is 0.494 e. The third-order valence-electron chi connectivity index (χ3n) is 3.18. The molecule has 0 fully saturated rings. The molecule has 1 rings (SSSR count). The second-order valence-corrected chi connectivity index (χ2v) is 7.63. The first-order chi connectivity index (χ1) is 9.95. The molecule has 0 aliphatic carbocycles. The van der Waals surface area contributed by atoms with E-state index in [1.165, 1.54) is 4.31 Å². The maximum Gasteiger partial charge on any atom is 0.213 e. The third kappa shape index (κ3) is 7.16. The van der Waals surface area contributed by atoms with Gasteiger partial charge in [-0.05, 0) is 43.5 Å². The molecule has 1 aromatic rings. The smallest absolute Gasteiger partial charge is 0.213 e. The van der Waals surface area contributed by atoms with E-state index in [0.29, 0.717) is 24.6 Å². The molecule has 0 aliphatic rings. The normalized spacial score (nSPS) is 11.8. The fourth-order valence-electron chi connectivity index (χ4n) is 1.78. The van der Waals surface area contributed by atoms with Crippen molar-refractivity contribution in [1.82, 2.24) is 4.31 Å². The Hall–Kier alpha value is -0.780. The Morgan fingerprint density at radius 3 is 2.43 bits per heavy atom. The van der Waals surface area contributed by atoms with Gasteiger partial charge in [0.1, 0.15) is 5.75 Å². The van der Waals surface area contributed by atoms with Crippen molar-refractivity contribution < 1.29 is 13.2 Å². The number of hydrogen-bond acceptors (Lipinski definition) is 3. The number of ether oxygens (including phenoxy) is 1. The minimum atomic E-state index is -3.09. The molecule has 0 radical (unpaired) electrons. The fourth-order valence-corrected chi connectivity index (χ4v) is 3.28. The van der Waals surface area contributed by atoms with Crippen molar-refractivity contribution in [3.8, 4) is 5.75 Å². The molecule has 0 bridgehead atoms. The Kier molecular flexibility index (Phi) is 8.07. The number of benzene rings is 1. The van der Waals surface area contributed by atoms with Crippen LogP contribution in [0.5, 0.6) is 5.75 Å². The van der Waals surface area contributed by atoms with Crippen molar-refractivity contribution in [2.24, 2.45) is 0 Å². The second kappa shape index (κ2) is 9.28. The van der Waals surface area contributed by atoms with Gasteiger partial charge in [-0.15, -0.1) is 0 Å². The molecule has 0 saturated heterocycles. The Labute approximate surface area is 133 Å². The van der Waals surface area contributed by atoms with Crippen molar-refractivity contribution >= 4 is 21.6 Å². The summed E-state index contributed by atoms with van der Waals surface area (Å²) < 4.78 is 30.8. The van der Waals surface area contributed by atoms with Crippen molar-refractivity contribution in [2.45, 2.75) is 32.6 Å². The first kappa shape index (κ1) is 18.3. The van der Waals surface area contributed by atoms with Gasteiger partial charge in [0.2, 0.25) is 10.0 Å². The van der Waals surface area contributed by atoms with E-state index < -0.39 is 10.0 Å². The van der Waals surface area contributed by atoms with E-state index in [2.05, 4.69) is 0 Å². The van der Waals surface area contributed by atoms with E-state index in [9.17, 15) is 8.42 Å². The zero-order chi connectivity index (χ0) is 15.7. The summed E-state index contributed by atoms with van der Waals surface area (Å²) in [4.78, 5) is 0. The van der Waals surface area contributed by atoms with Crippen LogP contribution in [0.1, 0.15) is 32.6 Å².